The van der Waals surface area contributed by atoms with Gasteiger partial charge in [0.15, 0.2) is 0 Å². The Morgan fingerprint density at radius 2 is 0.396 bits per heavy atom. The summed E-state index contributed by atoms with van der Waals surface area (Å²) in [6, 6.07) is 0. The zero-order chi connectivity index (χ0) is 107. The number of carbonyl (C=O) groups excluding carboxylic acids is 11. The Kier molecular flexibility index (Phi) is 83.3. The third-order valence-corrected chi connectivity index (χ3v) is 24.0. The second kappa shape index (κ2) is 88.4. The van der Waals surface area contributed by atoms with Gasteiger partial charge < -0.3 is 114 Å². The second-order valence-corrected chi connectivity index (χ2v) is 37.5. The standard InChI is InChI=1S/C13H24O3.2C12H22O3.2C11H20O3.2C10H18O3.C9H16O3.C8H14O3.C7H12O4.C6H10O4/c1-3-5-6-7-8-9-13(14)15-10-12-11(4-2)16-12;1-3-4-5-6-7-8-12(13)14-9-11-10(2)15-11;1-3-5-6-7-8-12(13)14-9-11-10(4-2)15-11;1-3-4-5-6-7-11(12)13-8-10-9(2)14-10;1-3-5-6-7-11(12)13-8-10-9(4-2)14-10;1-3-4-5-6-10(11)12-7-9-8(2)13-9;1-3-5-6-10(11)12-7-9-8(4-2)13-9;1-3-5-9(10)11-6-8-7(4-2)12-8;1-3-6-7(11-6)5-10-8(9)4-2;1-9-3-2-7(8)11-5-6-4-10-6;1-8-4-6(7)10-3-5-2-9-5/h11-12H,3-10H2,1-2H3;2*10-11H,3-9H2,1-2H3;2*9-10H,3-8H2,1-2H3;2*8-9H,3-7H2,1-2H3;7-8H,3-6H2,1-2H3;6-7H,3-5H2,1-2H3;6H,2-5H2,1H3;5H,2-4H2,1H3. The van der Waals surface area contributed by atoms with Crippen LogP contribution in [0.25, 0.3) is 0 Å². The summed E-state index contributed by atoms with van der Waals surface area (Å²) >= 11 is 0. The topological polar surface area (TPSA) is 446 Å². The molecule has 11 aliphatic rings. The van der Waals surface area contributed by atoms with Crippen LogP contribution in [0.2, 0.25) is 0 Å². The smallest absolute Gasteiger partial charge is 0.332 e. The molecule has 0 bridgehead atoms. The Morgan fingerprint density at radius 1 is 0.201 bits per heavy atom. The van der Waals surface area contributed by atoms with E-state index in [0.717, 1.165) is 154 Å². The zero-order valence-electron chi connectivity index (χ0n) is 92.3. The molecule has 20 unspecified atom stereocenters. The molecule has 11 heterocycles. The van der Waals surface area contributed by atoms with Crippen LogP contribution in [0.1, 0.15) is 401 Å². The quantitative estimate of drug-likeness (QED) is 0.0236. The van der Waals surface area contributed by atoms with Crippen molar-refractivity contribution in [3.05, 3.63) is 0 Å². The number of unbranched alkanes of at least 4 members (excludes halogenated alkanes) is 19. The minimum atomic E-state index is -0.335. The van der Waals surface area contributed by atoms with Crippen molar-refractivity contribution in [1.82, 2.24) is 0 Å². The number of rotatable bonds is 69. The maximum Gasteiger partial charge on any atom is 0.332 e. The summed E-state index contributed by atoms with van der Waals surface area (Å²) in [5.41, 5.74) is 0. The lowest BCUT2D eigenvalue weighted by Gasteiger charge is -2.02. The summed E-state index contributed by atoms with van der Waals surface area (Å²) in [5.74, 6) is -1.36. The van der Waals surface area contributed by atoms with Crippen LogP contribution in [0.4, 0.5) is 0 Å². The van der Waals surface area contributed by atoms with Gasteiger partial charge in [-0.3, -0.25) is 47.9 Å². The van der Waals surface area contributed by atoms with Crippen molar-refractivity contribution >= 4 is 65.7 Å². The Labute approximate surface area is 864 Å². The zero-order valence-corrected chi connectivity index (χ0v) is 92.3. The molecule has 11 saturated heterocycles. The van der Waals surface area contributed by atoms with Gasteiger partial charge in [-0.2, -0.15) is 0 Å². The molecule has 0 amide bonds. The Bertz CT molecular complexity index is 3260. The highest BCUT2D eigenvalue weighted by molar-refractivity contribution is 5.73. The Hall–Kier alpha value is -6.35. The van der Waals surface area contributed by atoms with E-state index in [1.165, 1.54) is 71.3 Å². The first-order chi connectivity index (χ1) is 69.5. The monoisotopic (exact) mass is 2070 g/mol. The molecule has 0 spiro atoms. The van der Waals surface area contributed by atoms with Gasteiger partial charge in [-0.15, -0.1) is 0 Å². The molecule has 0 aliphatic carbocycles. The lowest BCUT2D eigenvalue weighted by atomic mass is 10.1. The molecule has 11 aliphatic heterocycles. The van der Waals surface area contributed by atoms with Crippen molar-refractivity contribution in [2.45, 2.75) is 523 Å². The fourth-order valence-corrected chi connectivity index (χ4v) is 13.4. The third-order valence-electron chi connectivity index (χ3n) is 24.0. The molecule has 20 atom stereocenters. The van der Waals surface area contributed by atoms with Crippen LogP contribution in [0.3, 0.4) is 0 Å². The predicted molar refractivity (Wildman–Crippen MR) is 542 cm³/mol. The van der Waals surface area contributed by atoms with Gasteiger partial charge in [-0.05, 0) is 111 Å². The van der Waals surface area contributed by atoms with Crippen LogP contribution >= 0.6 is 0 Å². The molecule has 0 aromatic heterocycles. The highest BCUT2D eigenvalue weighted by atomic mass is 16.7. The van der Waals surface area contributed by atoms with E-state index in [1.54, 1.807) is 14.0 Å². The summed E-state index contributed by atoms with van der Waals surface area (Å²) in [5, 5.41) is 0. The van der Waals surface area contributed by atoms with Crippen molar-refractivity contribution in [2.24, 2.45) is 0 Å². The number of esters is 11. The summed E-state index contributed by atoms with van der Waals surface area (Å²) in [6.07, 6.45) is 45.7. The third kappa shape index (κ3) is 82.5. The Morgan fingerprint density at radius 3 is 0.604 bits per heavy atom. The second-order valence-electron chi connectivity index (χ2n) is 37.5. The highest BCUT2D eigenvalue weighted by Crippen LogP contribution is 2.31. The minimum Gasteiger partial charge on any atom is -0.463 e. The number of methoxy groups -OCH3 is 2. The normalized spacial score (nSPS) is 24.6. The van der Waals surface area contributed by atoms with E-state index in [1.807, 2.05) is 27.7 Å². The van der Waals surface area contributed by atoms with Gasteiger partial charge in [0.1, 0.15) is 146 Å². The van der Waals surface area contributed by atoms with E-state index in [4.69, 9.17) is 109 Å². The molecular formula is C109H196O35. The average Bonchev–Trinajstić information content (AvgIpc) is 1.72. The molecule has 0 saturated carbocycles. The average molecular weight is 2070 g/mol. The first-order valence-electron chi connectivity index (χ1n) is 55.3. The summed E-state index contributed by atoms with van der Waals surface area (Å²) in [4.78, 5) is 121. The van der Waals surface area contributed by atoms with E-state index in [0.29, 0.717) is 187 Å². The van der Waals surface area contributed by atoms with E-state index >= 15 is 0 Å². The van der Waals surface area contributed by atoms with Crippen LogP contribution in [-0.4, -0.2) is 301 Å². The maximum absolute atomic E-state index is 11.3. The minimum absolute atomic E-state index is 0.0206. The lowest BCUT2D eigenvalue weighted by Crippen LogP contribution is -2.14. The molecular weight excluding hydrogens is 1870 g/mol. The van der Waals surface area contributed by atoms with Gasteiger partial charge in [0.25, 0.3) is 0 Å². The van der Waals surface area contributed by atoms with Gasteiger partial charge in [0.2, 0.25) is 0 Å². The summed E-state index contributed by atoms with van der Waals surface area (Å²) in [7, 11) is 3.01. The maximum atomic E-state index is 11.3. The van der Waals surface area contributed by atoms with E-state index < -0.39 is 0 Å². The molecule has 11 fully saturated rings. The van der Waals surface area contributed by atoms with Crippen molar-refractivity contribution < 1.29 is 166 Å². The molecule has 0 radical (unpaired) electrons. The van der Waals surface area contributed by atoms with Crippen LogP contribution in [0.5, 0.6) is 0 Å². The number of ether oxygens (including phenoxy) is 24. The van der Waals surface area contributed by atoms with Crippen LogP contribution in [-0.2, 0) is 166 Å². The Balaban J connectivity index is 0.000000794. The number of hydrogen-bond donors (Lipinski definition) is 0. The van der Waals surface area contributed by atoms with Crippen LogP contribution < -0.4 is 0 Å². The number of carbonyl (C=O) groups is 11. The van der Waals surface area contributed by atoms with Crippen LogP contribution in [0, 0.1) is 0 Å². The highest BCUT2D eigenvalue weighted by Gasteiger charge is 2.43. The van der Waals surface area contributed by atoms with Crippen LogP contribution in [0.15, 0.2) is 0 Å². The summed E-state index contributed by atoms with van der Waals surface area (Å²) in [6.45, 7) is 43.7. The first kappa shape index (κ1) is 136. The van der Waals surface area contributed by atoms with Crippen molar-refractivity contribution in [3.8, 4) is 0 Å². The van der Waals surface area contributed by atoms with Gasteiger partial charge in [-0.1, -0.05) is 226 Å². The van der Waals surface area contributed by atoms with E-state index in [2.05, 4.69) is 94.7 Å². The van der Waals surface area contributed by atoms with Gasteiger partial charge >= 0.3 is 65.7 Å². The van der Waals surface area contributed by atoms with Crippen molar-refractivity contribution in [1.29, 1.82) is 0 Å². The first-order valence-corrected chi connectivity index (χ1v) is 55.3. The molecule has 0 aromatic rings. The van der Waals surface area contributed by atoms with E-state index in [-0.39, 0.29) is 158 Å². The largest absolute Gasteiger partial charge is 0.463 e. The van der Waals surface area contributed by atoms with Gasteiger partial charge in [0, 0.05) is 72.0 Å². The van der Waals surface area contributed by atoms with Gasteiger partial charge in [-0.25, -0.2) is 4.79 Å². The molecule has 144 heavy (non-hydrogen) atoms. The fourth-order valence-electron chi connectivity index (χ4n) is 13.4. The number of hydrogen-bond acceptors (Lipinski definition) is 35. The fraction of sp³-hybridized carbons (Fsp3) is 0.899. The predicted octanol–water partition coefficient (Wildman–Crippen LogP) is 19.0. The molecule has 35 nitrogen and oxygen atoms in total. The molecule has 842 valence electrons. The van der Waals surface area contributed by atoms with Crippen molar-refractivity contribution in [2.75, 3.05) is 113 Å². The van der Waals surface area contributed by atoms with Crippen molar-refractivity contribution in [3.63, 3.8) is 0 Å². The molecule has 0 N–H and O–H groups in total. The molecule has 0 aromatic carbocycles. The molecule has 11 rings (SSSR count). The van der Waals surface area contributed by atoms with Gasteiger partial charge in [0.05, 0.1) is 81.2 Å². The van der Waals surface area contributed by atoms with E-state index in [9.17, 15) is 52.7 Å². The summed E-state index contributed by atoms with van der Waals surface area (Å²) < 4.78 is 121. The SMILES string of the molecule is CCC(=O)OCC1OC1CC.CCCC(=O)OCC1OC1CC.CCCCC(=O)OCC1OC1CC.CCCCCC(=O)OCC1OC1C.CCCCCC(=O)OCC1OC1CC.CCCCCCC(=O)OCC1OC1C.CCCCCCC(=O)OCC1OC1CC.CCCCCCCC(=O)OCC1OC1C.CCCCCCCC(=O)OCC1OC1CC.COCC(=O)OCC1CO1.COCCC(=O)OCC1CO1. The molecule has 35 heteroatoms. The number of epoxide rings is 11. The lowest BCUT2D eigenvalue weighted by molar-refractivity contribution is -0.148.